The van der Waals surface area contributed by atoms with Crippen LogP contribution < -0.4 is 9.47 Å². The highest BCUT2D eigenvalue weighted by Gasteiger charge is 2.23. The Hall–Kier alpha value is -2.97. The largest absolute Gasteiger partial charge is 0.494 e. The van der Waals surface area contributed by atoms with Gasteiger partial charge in [0.1, 0.15) is 17.8 Å². The number of sulfonamides is 1. The first-order valence-corrected chi connectivity index (χ1v) is 12.0. The number of ether oxygens (including phenoxy) is 2. The van der Waals surface area contributed by atoms with Gasteiger partial charge in [-0.15, -0.1) is 0 Å². The highest BCUT2D eigenvalue weighted by atomic mass is 32.2. The molecule has 0 atom stereocenters. The summed E-state index contributed by atoms with van der Waals surface area (Å²) in [4.78, 5) is 7.87. The number of nitrogens with zero attached hydrogens (tertiary/aromatic N) is 3. The van der Waals surface area contributed by atoms with Gasteiger partial charge in [-0.2, -0.15) is 4.31 Å². The molecule has 7 nitrogen and oxygen atoms in total. The van der Waals surface area contributed by atoms with Crippen LogP contribution in [0.2, 0.25) is 0 Å². The topological polar surface area (TPSA) is 81.6 Å². The van der Waals surface area contributed by atoms with Gasteiger partial charge in [0.05, 0.1) is 25.3 Å². The molecule has 0 saturated heterocycles. The average molecular weight is 440 g/mol. The van der Waals surface area contributed by atoms with E-state index in [4.69, 9.17) is 9.47 Å². The van der Waals surface area contributed by atoms with Gasteiger partial charge in [0.15, 0.2) is 5.75 Å². The fourth-order valence-electron chi connectivity index (χ4n) is 3.54. The molecule has 1 aliphatic heterocycles. The summed E-state index contributed by atoms with van der Waals surface area (Å²) in [6.45, 7) is 1.58. The van der Waals surface area contributed by atoms with Crippen LogP contribution in [0, 0.1) is 0 Å². The molecule has 0 fully saturated rings. The van der Waals surface area contributed by atoms with Crippen molar-refractivity contribution in [3.05, 3.63) is 77.9 Å². The first kappa shape index (κ1) is 21.3. The van der Waals surface area contributed by atoms with Crippen LogP contribution in [0.4, 0.5) is 0 Å². The Balaban J connectivity index is 1.24. The molecule has 1 aromatic heterocycles. The molecule has 0 saturated carbocycles. The SMILES string of the molecule is CS(=O)(=O)N1CCc2cc(OCCCc3ccc(Oc4cncnc4)cc3)ccc2C1. The van der Waals surface area contributed by atoms with Gasteiger partial charge in [-0.05, 0) is 60.2 Å². The van der Waals surface area contributed by atoms with E-state index in [9.17, 15) is 8.42 Å². The minimum absolute atomic E-state index is 0.436. The molecule has 2 heterocycles. The molecule has 162 valence electrons. The Morgan fingerprint density at radius 1 is 0.968 bits per heavy atom. The van der Waals surface area contributed by atoms with Crippen LogP contribution in [0.15, 0.2) is 61.2 Å². The van der Waals surface area contributed by atoms with Gasteiger partial charge in [-0.25, -0.2) is 18.4 Å². The van der Waals surface area contributed by atoms with E-state index >= 15 is 0 Å². The summed E-state index contributed by atoms with van der Waals surface area (Å²) in [6.07, 6.45) is 8.49. The smallest absolute Gasteiger partial charge is 0.211 e. The minimum Gasteiger partial charge on any atom is -0.494 e. The van der Waals surface area contributed by atoms with E-state index < -0.39 is 10.0 Å². The summed E-state index contributed by atoms with van der Waals surface area (Å²) in [7, 11) is -3.15. The van der Waals surface area contributed by atoms with Gasteiger partial charge in [0, 0.05) is 13.1 Å². The standard InChI is InChI=1S/C23H25N3O4S/c1-31(27,28)26-11-10-19-13-22(9-6-20(19)16-26)29-12-2-3-18-4-7-21(8-5-18)30-23-14-24-17-25-15-23/h4-9,13-15,17H,2-3,10-12,16H2,1H3. The van der Waals surface area contributed by atoms with Crippen LogP contribution in [0.1, 0.15) is 23.1 Å². The lowest BCUT2D eigenvalue weighted by atomic mass is 10.0. The van der Waals surface area contributed by atoms with Crippen molar-refractivity contribution in [2.45, 2.75) is 25.8 Å². The number of aryl methyl sites for hydroxylation is 1. The Kier molecular flexibility index (Phi) is 6.48. The number of hydrogen-bond donors (Lipinski definition) is 0. The molecule has 0 aliphatic carbocycles. The average Bonchev–Trinajstić information content (AvgIpc) is 2.77. The molecule has 4 rings (SSSR count). The maximum atomic E-state index is 11.7. The summed E-state index contributed by atoms with van der Waals surface area (Å²) < 4.78 is 36.6. The van der Waals surface area contributed by atoms with Crippen molar-refractivity contribution in [3.63, 3.8) is 0 Å². The zero-order valence-electron chi connectivity index (χ0n) is 17.4. The predicted molar refractivity (Wildman–Crippen MR) is 118 cm³/mol. The second-order valence-corrected chi connectivity index (χ2v) is 9.53. The summed E-state index contributed by atoms with van der Waals surface area (Å²) in [5.74, 6) is 2.19. The molecule has 8 heteroatoms. The zero-order valence-corrected chi connectivity index (χ0v) is 18.2. The monoisotopic (exact) mass is 439 g/mol. The number of hydrogen-bond acceptors (Lipinski definition) is 6. The van der Waals surface area contributed by atoms with Crippen LogP contribution in [-0.4, -0.2) is 42.1 Å². The minimum atomic E-state index is -3.15. The Bertz CT molecular complexity index is 1120. The van der Waals surface area contributed by atoms with Gasteiger partial charge in [0.25, 0.3) is 0 Å². The van der Waals surface area contributed by atoms with Crippen LogP contribution in [0.5, 0.6) is 17.2 Å². The Morgan fingerprint density at radius 3 is 2.45 bits per heavy atom. The Labute approximate surface area is 182 Å². The van der Waals surface area contributed by atoms with Crippen LogP contribution in [0.25, 0.3) is 0 Å². The van der Waals surface area contributed by atoms with Crippen molar-refractivity contribution < 1.29 is 17.9 Å². The van der Waals surface area contributed by atoms with Gasteiger partial charge < -0.3 is 9.47 Å². The first-order valence-electron chi connectivity index (χ1n) is 10.2. The summed E-state index contributed by atoms with van der Waals surface area (Å²) in [6, 6.07) is 13.9. The molecule has 3 aromatic rings. The molecule has 0 N–H and O–H groups in total. The lowest BCUT2D eigenvalue weighted by molar-refractivity contribution is 0.309. The van der Waals surface area contributed by atoms with E-state index in [0.717, 1.165) is 35.5 Å². The highest BCUT2D eigenvalue weighted by molar-refractivity contribution is 7.88. The third kappa shape index (κ3) is 5.80. The zero-order chi connectivity index (χ0) is 21.7. The van der Waals surface area contributed by atoms with Crippen molar-refractivity contribution >= 4 is 10.0 Å². The highest BCUT2D eigenvalue weighted by Crippen LogP contribution is 2.25. The van der Waals surface area contributed by atoms with Crippen LogP contribution >= 0.6 is 0 Å². The number of benzene rings is 2. The van der Waals surface area contributed by atoms with Crippen LogP contribution in [-0.2, 0) is 29.4 Å². The van der Waals surface area contributed by atoms with E-state index in [1.807, 2.05) is 42.5 Å². The number of aromatic nitrogens is 2. The Morgan fingerprint density at radius 2 is 1.71 bits per heavy atom. The summed E-state index contributed by atoms with van der Waals surface area (Å²) >= 11 is 0. The van der Waals surface area contributed by atoms with Gasteiger partial charge >= 0.3 is 0 Å². The fraction of sp³-hybridized carbons (Fsp3) is 0.304. The van der Waals surface area contributed by atoms with Crippen molar-refractivity contribution in [3.8, 4) is 17.2 Å². The maximum absolute atomic E-state index is 11.7. The van der Waals surface area contributed by atoms with Crippen molar-refractivity contribution in [2.75, 3.05) is 19.4 Å². The van der Waals surface area contributed by atoms with E-state index in [2.05, 4.69) is 9.97 Å². The quantitative estimate of drug-likeness (QED) is 0.499. The van der Waals surface area contributed by atoms with Crippen molar-refractivity contribution in [1.82, 2.24) is 14.3 Å². The molecule has 0 amide bonds. The molecule has 31 heavy (non-hydrogen) atoms. The lowest BCUT2D eigenvalue weighted by Gasteiger charge is -2.27. The van der Waals surface area contributed by atoms with Gasteiger partial charge in [0.2, 0.25) is 10.0 Å². The van der Waals surface area contributed by atoms with Gasteiger partial charge in [-0.3, -0.25) is 0 Å². The molecular weight excluding hydrogens is 414 g/mol. The van der Waals surface area contributed by atoms with E-state index in [0.29, 0.717) is 31.9 Å². The lowest BCUT2D eigenvalue weighted by Crippen LogP contribution is -2.35. The molecule has 0 radical (unpaired) electrons. The molecular formula is C23H25N3O4S. The van der Waals surface area contributed by atoms with E-state index in [1.165, 1.54) is 22.5 Å². The molecule has 0 spiro atoms. The molecule has 1 aliphatic rings. The maximum Gasteiger partial charge on any atom is 0.211 e. The van der Waals surface area contributed by atoms with Crippen molar-refractivity contribution in [1.29, 1.82) is 0 Å². The fourth-order valence-corrected chi connectivity index (χ4v) is 4.34. The van der Waals surface area contributed by atoms with E-state index in [1.54, 1.807) is 12.4 Å². The normalized spacial score (nSPS) is 14.1. The number of fused-ring (bicyclic) bond motifs is 1. The first-order chi connectivity index (χ1) is 15.0. The predicted octanol–water partition coefficient (Wildman–Crippen LogP) is 3.60. The molecule has 0 unspecified atom stereocenters. The molecule has 2 aromatic carbocycles. The second-order valence-electron chi connectivity index (χ2n) is 7.55. The molecule has 0 bridgehead atoms. The van der Waals surface area contributed by atoms with Crippen molar-refractivity contribution in [2.24, 2.45) is 0 Å². The van der Waals surface area contributed by atoms with Gasteiger partial charge in [-0.1, -0.05) is 18.2 Å². The second kappa shape index (κ2) is 9.45. The third-order valence-corrected chi connectivity index (χ3v) is 6.45. The van der Waals surface area contributed by atoms with E-state index in [-0.39, 0.29) is 0 Å². The third-order valence-electron chi connectivity index (χ3n) is 5.20. The summed E-state index contributed by atoms with van der Waals surface area (Å²) in [5, 5.41) is 0. The number of rotatable bonds is 8. The van der Waals surface area contributed by atoms with Crippen LogP contribution in [0.3, 0.4) is 0 Å². The summed E-state index contributed by atoms with van der Waals surface area (Å²) in [5.41, 5.74) is 3.43.